The number of benzene rings is 13. The topological polar surface area (TPSA) is 11.4 Å². The van der Waals surface area contributed by atoms with Crippen LogP contribution in [0.5, 0.6) is 0 Å². The number of fused-ring (bicyclic) bond motifs is 7. The van der Waals surface area contributed by atoms with Gasteiger partial charge >= 0.3 is 0 Å². The second-order valence-electron chi connectivity index (χ2n) is 33.2. The summed E-state index contributed by atoms with van der Waals surface area (Å²) in [5.41, 5.74) is 40.9. The van der Waals surface area contributed by atoms with Gasteiger partial charge in [0.1, 0.15) is 0 Å². The summed E-state index contributed by atoms with van der Waals surface area (Å²) in [5, 5.41) is 2.45. The quantitative estimate of drug-likeness (QED) is 0.0948. The average Bonchev–Trinajstić information content (AvgIpc) is 1.43. The van der Waals surface area contributed by atoms with E-state index in [-0.39, 0.29) is 18.5 Å². The van der Waals surface area contributed by atoms with Gasteiger partial charge < -0.3 is 14.4 Å². The van der Waals surface area contributed by atoms with Crippen molar-refractivity contribution in [2.75, 3.05) is 9.80 Å². The molecule has 0 N–H and O–H groups in total. The Morgan fingerprint density at radius 2 is 0.831 bits per heavy atom. The largest absolute Gasteiger partial charge is 0.310 e. The van der Waals surface area contributed by atoms with Gasteiger partial charge in [0.25, 0.3) is 6.71 Å². The van der Waals surface area contributed by atoms with Gasteiger partial charge in [0, 0.05) is 62.0 Å². The minimum Gasteiger partial charge on any atom is -0.310 e. The van der Waals surface area contributed by atoms with Crippen LogP contribution in [0.1, 0.15) is 105 Å². The van der Waals surface area contributed by atoms with Crippen molar-refractivity contribution in [2.45, 2.75) is 82.5 Å². The number of anilines is 6. The minimum atomic E-state index is -0.308. The Morgan fingerprint density at radius 1 is 0.314 bits per heavy atom. The molecule has 8 aliphatic rings. The Balaban J connectivity index is 0.899. The van der Waals surface area contributed by atoms with Crippen LogP contribution >= 0.6 is 0 Å². The van der Waals surface area contributed by atoms with E-state index in [9.17, 15) is 0 Å². The lowest BCUT2D eigenvalue weighted by Crippen LogP contribution is -2.61. The molecule has 0 saturated heterocycles. The van der Waals surface area contributed by atoms with E-state index in [0.717, 1.165) is 93.4 Å². The van der Waals surface area contributed by atoms with Crippen molar-refractivity contribution in [3.63, 3.8) is 0 Å². The number of nitrogens with zero attached hydrogens (tertiary/aromatic N) is 3. The molecule has 1 aromatic heterocycles. The third-order valence-corrected chi connectivity index (χ3v) is 26.4. The second-order valence-corrected chi connectivity index (χ2v) is 33.2. The van der Waals surface area contributed by atoms with Crippen LogP contribution < -0.4 is 26.2 Å². The maximum Gasteiger partial charge on any atom is 0.252 e. The van der Waals surface area contributed by atoms with E-state index in [4.69, 9.17) is 0 Å². The maximum absolute atomic E-state index is 2.81. The molecule has 0 spiro atoms. The molecule has 3 heterocycles. The molecule has 0 bridgehead atoms. The Bertz CT molecular complexity index is 6700. The van der Waals surface area contributed by atoms with Gasteiger partial charge in [0.2, 0.25) is 0 Å². The number of hydrogen-bond donors (Lipinski definition) is 0. The van der Waals surface area contributed by atoms with Crippen molar-refractivity contribution < 1.29 is 0 Å². The summed E-state index contributed by atoms with van der Waals surface area (Å²) in [6.45, 7) is -0.308. The molecule has 0 saturated carbocycles. The number of hydrogen-bond acceptors (Lipinski definition) is 2. The van der Waals surface area contributed by atoms with E-state index < -0.39 is 0 Å². The molecular weight excluding hydrogens is 1420 g/mol. The third-order valence-electron chi connectivity index (χ3n) is 26.4. The predicted octanol–water partition coefficient (Wildman–Crippen LogP) is 28.9. The summed E-state index contributed by atoms with van der Waals surface area (Å²) >= 11 is 0. The van der Waals surface area contributed by atoms with E-state index in [2.05, 4.69) is 409 Å². The lowest BCUT2D eigenvalue weighted by Gasteiger charge is -2.46. The molecule has 0 fully saturated rings. The molecule has 118 heavy (non-hydrogen) atoms. The van der Waals surface area contributed by atoms with Crippen molar-refractivity contribution in [1.29, 1.82) is 0 Å². The Hall–Kier alpha value is -13.5. The number of allylic oxidation sites excluding steroid dienone is 22. The lowest BCUT2D eigenvalue weighted by molar-refractivity contribution is 0.541. The lowest BCUT2D eigenvalue weighted by atomic mass is 9.33. The van der Waals surface area contributed by atoms with Crippen LogP contribution in [0.4, 0.5) is 34.1 Å². The first-order valence-electron chi connectivity index (χ1n) is 42.9. The normalized spacial score (nSPS) is 17.7. The fourth-order valence-electron chi connectivity index (χ4n) is 20.9. The van der Waals surface area contributed by atoms with E-state index in [0.29, 0.717) is 5.92 Å². The van der Waals surface area contributed by atoms with Gasteiger partial charge in [-0.05, 0) is 230 Å². The third kappa shape index (κ3) is 12.7. The van der Waals surface area contributed by atoms with Gasteiger partial charge in [0.15, 0.2) is 0 Å². The molecule has 2 aliphatic heterocycles. The first-order chi connectivity index (χ1) is 58.6. The van der Waals surface area contributed by atoms with Crippen molar-refractivity contribution >= 4 is 90.2 Å². The van der Waals surface area contributed by atoms with Crippen LogP contribution in [0, 0.1) is 5.92 Å². The van der Waals surface area contributed by atoms with Crippen molar-refractivity contribution in [3.8, 4) is 72.4 Å². The van der Waals surface area contributed by atoms with Gasteiger partial charge in [-0.15, -0.1) is 0 Å². The molecule has 3 nitrogen and oxygen atoms in total. The van der Waals surface area contributed by atoms with Crippen molar-refractivity contribution in [1.82, 2.24) is 4.57 Å². The number of aromatic nitrogens is 1. The number of rotatable bonds is 15. The molecule has 13 aromatic carbocycles. The van der Waals surface area contributed by atoms with Gasteiger partial charge in [-0.3, -0.25) is 0 Å². The van der Waals surface area contributed by atoms with E-state index in [1.165, 1.54) is 167 Å². The molecule has 4 heteroatoms. The SMILES string of the molecule is C1=CCCC(C2=CC=CC(c3cccc(-c4cccc(C5C=CC=CC5)c4)c3N3c4ccc(-c5ccccc5-c5ccccc5)cc4B4c5cc(-c6ccccc6-c6ccccc6)ccc5N(c5c(C6=CCCC(C7=CC=CCC7)C6)cccc5-c5cccc(C6=CC=CCC6)c5)c5cc(-n6c7ccccc7c7ccccc76)cc3c54)C2)=C1. The summed E-state index contributed by atoms with van der Waals surface area (Å²) in [7, 11) is 0. The zero-order valence-corrected chi connectivity index (χ0v) is 66.5. The standard InChI is InChI=1S/C114H90BN3/c1-7-33-77(34-8-1)83-45-27-49-87(69-83)98-59-31-60-99(88-50-28-46-84(70-88)78-35-9-2-10-36-78)113(98)117-108-67-65-91(96-55-21-19-53-94(96)81-41-15-5-16-42-81)73-104(108)115-105-74-92(97-56-22-20-54-95(97)82-43-17-6-18-44-82)66-68-109(105)118(111-76-93(75-110(117)112(111)115)116-106-63-25-23-57-102(106)103-58-24-26-64-107(103)116)114-100(89-51-29-47-85(71-89)79-37-11-3-12-38-79)61-32-62-101(114)90-52-30-48-86(72-90)80-39-13-4-14-40-80/h1-9,11,13,15-29,31-33,35,37,39,41-47,49-69,71,73-77,86,88H,10,12,14,30,34,36,38,40,48,70,72H2. The zero-order chi connectivity index (χ0) is 78.0. The molecule has 22 rings (SSSR count). The maximum atomic E-state index is 2.81. The molecule has 0 amide bonds. The Kier molecular flexibility index (Phi) is 18.4. The van der Waals surface area contributed by atoms with Crippen molar-refractivity contribution in [2.24, 2.45) is 5.92 Å². The highest BCUT2D eigenvalue weighted by atomic mass is 15.2. The molecule has 6 aliphatic carbocycles. The molecule has 3 unspecified atom stereocenters. The highest BCUT2D eigenvalue weighted by molar-refractivity contribution is 7.00. The molecule has 14 aromatic rings. The highest BCUT2D eigenvalue weighted by Crippen LogP contribution is 2.56. The average molecular weight is 1510 g/mol. The van der Waals surface area contributed by atoms with E-state index in [1.54, 1.807) is 5.57 Å². The van der Waals surface area contributed by atoms with Crippen LogP contribution in [-0.2, 0) is 0 Å². The summed E-state index contributed by atoms with van der Waals surface area (Å²) in [6.07, 6.45) is 51.3. The van der Waals surface area contributed by atoms with E-state index in [1.807, 2.05) is 0 Å². The first kappa shape index (κ1) is 71.0. The summed E-state index contributed by atoms with van der Waals surface area (Å²) in [5.74, 6) is 0.691. The van der Waals surface area contributed by atoms with Crippen LogP contribution in [-0.4, -0.2) is 11.3 Å². The highest BCUT2D eigenvalue weighted by Gasteiger charge is 2.47. The van der Waals surface area contributed by atoms with Gasteiger partial charge in [-0.2, -0.15) is 0 Å². The molecule has 3 atom stereocenters. The molecule has 564 valence electrons. The van der Waals surface area contributed by atoms with E-state index >= 15 is 0 Å². The van der Waals surface area contributed by atoms with Gasteiger partial charge in [-0.1, -0.05) is 358 Å². The summed E-state index contributed by atoms with van der Waals surface area (Å²) < 4.78 is 2.60. The minimum absolute atomic E-state index is 0.0222. The smallest absolute Gasteiger partial charge is 0.252 e. The van der Waals surface area contributed by atoms with Crippen molar-refractivity contribution in [3.05, 3.63) is 433 Å². The summed E-state index contributed by atoms with van der Waals surface area (Å²) in [6, 6.07) is 113. The zero-order valence-electron chi connectivity index (χ0n) is 66.5. The van der Waals surface area contributed by atoms with Crippen LogP contribution in [0.2, 0.25) is 0 Å². The second kappa shape index (κ2) is 30.6. The first-order valence-corrected chi connectivity index (χ1v) is 42.9. The fourth-order valence-corrected chi connectivity index (χ4v) is 20.9. The predicted molar refractivity (Wildman–Crippen MR) is 502 cm³/mol. The Labute approximate surface area is 694 Å². The van der Waals surface area contributed by atoms with Gasteiger partial charge in [0.05, 0.1) is 28.1 Å². The van der Waals surface area contributed by atoms with Crippen LogP contribution in [0.3, 0.4) is 0 Å². The monoisotopic (exact) mass is 1510 g/mol. The molecule has 0 radical (unpaired) electrons. The summed E-state index contributed by atoms with van der Waals surface area (Å²) in [4.78, 5) is 5.63. The Morgan fingerprint density at radius 3 is 1.47 bits per heavy atom. The number of para-hydroxylation sites is 4. The fraction of sp³-hybridized carbons (Fsp3) is 0.123. The van der Waals surface area contributed by atoms with Gasteiger partial charge in [-0.25, -0.2) is 0 Å². The van der Waals surface area contributed by atoms with Crippen LogP contribution in [0.15, 0.2) is 411 Å². The molecular formula is C114H90BN3. The van der Waals surface area contributed by atoms with Crippen LogP contribution in [0.25, 0.3) is 105 Å².